The average molecular weight is 793 g/mol. The van der Waals surface area contributed by atoms with Crippen molar-refractivity contribution >= 4 is 52.7 Å². The molecular formula is C42H50N9O7+. The number of aliphatic hydroxyl groups excluding tert-OH is 1. The van der Waals surface area contributed by atoms with Gasteiger partial charge in [-0.05, 0) is 107 Å². The maximum Gasteiger partial charge on any atom is 0.329 e. The highest BCUT2D eigenvalue weighted by atomic mass is 16.5. The van der Waals surface area contributed by atoms with Crippen molar-refractivity contribution in [1.29, 1.82) is 0 Å². The topological polar surface area (TPSA) is 195 Å². The summed E-state index contributed by atoms with van der Waals surface area (Å²) in [5.41, 5.74) is 1.41. The standard InChI is InChI=1S/C42H49N9O7/c1-24(2)58-37-20-34-28(17-32(37)40(54)44-33-5-4-15-51(57)41(33)55)23-49(46-34)22-26-8-6-25(7-9-26)21-43-29-11-13-30(36(52)19-29)27-10-12-31-35(18-27)48(3)47-39(31)50-16-14-38(53)45-42(50)56/h4-5,10,12,15,17-18,20,22-26,29-30,36,43,52,57H,6-9,11,13-14,16,19,21H2,1-3H3,(H-,44,45,53,54,56)/p+1/b49-22-/t25?,26?,29-,30-,36?/m1/s1. The predicted octanol–water partition coefficient (Wildman–Crippen LogP) is 2.92. The summed E-state index contributed by atoms with van der Waals surface area (Å²) in [4.78, 5) is 51.3. The SMILES string of the molecule is CC(C)Oc1cc2c(cc1C(=O)Nc1cccn(O)c1=O)=C/[N+](=C/C1CCC(CN[C@@H]3CC[C@H](c4ccc5c(N6CCC(=O)NC6=O)nn(C)c5c4)C(O)C3)CC1)N=2. The summed E-state index contributed by atoms with van der Waals surface area (Å²) < 4.78 is 9.99. The van der Waals surface area contributed by atoms with Crippen molar-refractivity contribution in [2.45, 2.75) is 89.4 Å². The fourth-order valence-corrected chi connectivity index (χ4v) is 8.71. The smallest absolute Gasteiger partial charge is 0.329 e. The van der Waals surface area contributed by atoms with E-state index in [0.29, 0.717) is 39.9 Å². The van der Waals surface area contributed by atoms with Gasteiger partial charge in [-0.2, -0.15) is 9.83 Å². The number of nitrogens with zero attached hydrogens (tertiary/aromatic N) is 6. The molecule has 4 aromatic rings. The van der Waals surface area contributed by atoms with E-state index in [0.717, 1.165) is 66.8 Å². The number of urea groups is 1. The number of fused-ring (bicyclic) bond motifs is 2. The predicted molar refractivity (Wildman–Crippen MR) is 216 cm³/mol. The number of rotatable bonds is 10. The molecule has 304 valence electrons. The molecule has 4 heterocycles. The summed E-state index contributed by atoms with van der Waals surface area (Å²) in [6.45, 7) is 4.94. The maximum atomic E-state index is 13.3. The van der Waals surface area contributed by atoms with Crippen LogP contribution in [0.25, 0.3) is 17.1 Å². The van der Waals surface area contributed by atoms with Gasteiger partial charge in [0.15, 0.2) is 12.0 Å². The molecule has 2 saturated carbocycles. The minimum atomic E-state index is -0.737. The van der Waals surface area contributed by atoms with E-state index < -0.39 is 23.6 Å². The van der Waals surface area contributed by atoms with Gasteiger partial charge in [0.05, 0.1) is 28.5 Å². The van der Waals surface area contributed by atoms with Gasteiger partial charge in [-0.25, -0.2) is 4.79 Å². The third kappa shape index (κ3) is 8.11. The number of pyridine rings is 1. The number of imide groups is 1. The van der Waals surface area contributed by atoms with Crippen molar-refractivity contribution in [3.05, 3.63) is 80.7 Å². The second-order valence-corrected chi connectivity index (χ2v) is 16.2. The van der Waals surface area contributed by atoms with Crippen LogP contribution in [0.3, 0.4) is 0 Å². The number of amides is 4. The van der Waals surface area contributed by atoms with Gasteiger partial charge < -0.3 is 25.7 Å². The Morgan fingerprint density at radius 2 is 1.90 bits per heavy atom. The van der Waals surface area contributed by atoms with Crippen LogP contribution in [-0.2, 0) is 11.8 Å². The molecule has 2 aliphatic carbocycles. The number of carbonyl (C=O) groups is 3. The number of anilines is 2. The van der Waals surface area contributed by atoms with E-state index in [1.165, 1.54) is 23.2 Å². The first-order chi connectivity index (χ1) is 27.9. The van der Waals surface area contributed by atoms with Crippen molar-refractivity contribution in [3.8, 4) is 5.75 Å². The molecule has 5 N–H and O–H groups in total. The lowest BCUT2D eigenvalue weighted by atomic mass is 9.78. The number of benzene rings is 2. The van der Waals surface area contributed by atoms with E-state index in [2.05, 4.69) is 33.3 Å². The van der Waals surface area contributed by atoms with Crippen LogP contribution >= 0.6 is 0 Å². The number of ether oxygens (including phenoxy) is 1. The molecule has 1 unspecified atom stereocenters. The van der Waals surface area contributed by atoms with Crippen LogP contribution < -0.4 is 41.7 Å². The first kappa shape index (κ1) is 39.0. The van der Waals surface area contributed by atoms with Gasteiger partial charge in [0, 0.05) is 60.6 Å². The second-order valence-electron chi connectivity index (χ2n) is 16.2. The first-order valence-electron chi connectivity index (χ1n) is 20.2. The fraction of sp³-hybridized carbons (Fsp3) is 0.452. The lowest BCUT2D eigenvalue weighted by Crippen LogP contribution is -2.49. The molecule has 4 amide bonds. The zero-order valence-corrected chi connectivity index (χ0v) is 32.9. The van der Waals surface area contributed by atoms with Crippen LogP contribution in [0, 0.1) is 11.8 Å². The molecule has 3 atom stereocenters. The van der Waals surface area contributed by atoms with Gasteiger partial charge in [0.25, 0.3) is 5.91 Å². The van der Waals surface area contributed by atoms with E-state index in [1.54, 1.807) is 16.8 Å². The summed E-state index contributed by atoms with van der Waals surface area (Å²) in [6, 6.07) is 12.2. The number of hydrogen-bond donors (Lipinski definition) is 5. The fourth-order valence-electron chi connectivity index (χ4n) is 8.71. The molecule has 58 heavy (non-hydrogen) atoms. The summed E-state index contributed by atoms with van der Waals surface area (Å²) >= 11 is 0. The zero-order valence-electron chi connectivity index (χ0n) is 32.9. The Bertz CT molecular complexity index is 2480. The van der Waals surface area contributed by atoms with Gasteiger partial charge in [-0.3, -0.25) is 29.3 Å². The highest BCUT2D eigenvalue weighted by molar-refractivity contribution is 6.09. The highest BCUT2D eigenvalue weighted by Crippen LogP contribution is 2.37. The number of aliphatic hydroxyl groups is 1. The quantitative estimate of drug-likeness (QED) is 0.119. The first-order valence-corrected chi connectivity index (χ1v) is 20.2. The van der Waals surface area contributed by atoms with Gasteiger partial charge in [0.1, 0.15) is 16.8 Å². The van der Waals surface area contributed by atoms with E-state index in [1.807, 2.05) is 43.9 Å². The Labute approximate surface area is 334 Å². The van der Waals surface area contributed by atoms with E-state index >= 15 is 0 Å². The van der Waals surface area contributed by atoms with E-state index in [-0.39, 0.29) is 48.2 Å². The molecule has 2 aromatic carbocycles. The van der Waals surface area contributed by atoms with Crippen LogP contribution in [0.4, 0.5) is 16.3 Å². The number of nitrogens with one attached hydrogen (secondary N) is 3. The minimum Gasteiger partial charge on any atom is -0.490 e. The summed E-state index contributed by atoms with van der Waals surface area (Å²) in [7, 11) is 1.84. The van der Waals surface area contributed by atoms with Crippen molar-refractivity contribution in [2.24, 2.45) is 24.0 Å². The van der Waals surface area contributed by atoms with Crippen molar-refractivity contribution < 1.29 is 34.1 Å². The number of aryl methyl sites for hydroxylation is 1. The number of hydrogen-bond acceptors (Lipinski definition) is 10. The number of carbonyl (C=O) groups excluding carboxylic acids is 3. The Morgan fingerprint density at radius 1 is 1.09 bits per heavy atom. The molecule has 4 aliphatic rings. The van der Waals surface area contributed by atoms with Crippen LogP contribution in [0.15, 0.2) is 58.6 Å². The van der Waals surface area contributed by atoms with Crippen molar-refractivity contribution in [1.82, 2.24) is 25.1 Å². The monoisotopic (exact) mass is 792 g/mol. The molecule has 2 aromatic heterocycles. The second kappa shape index (κ2) is 16.2. The normalized spacial score (nSPS) is 24.1. The van der Waals surface area contributed by atoms with Crippen LogP contribution in [0.2, 0.25) is 0 Å². The van der Waals surface area contributed by atoms with Gasteiger partial charge in [0.2, 0.25) is 12.1 Å². The van der Waals surface area contributed by atoms with E-state index in [4.69, 9.17) is 9.84 Å². The molecule has 16 heteroatoms. The third-order valence-corrected chi connectivity index (χ3v) is 11.8. The largest absolute Gasteiger partial charge is 0.490 e. The van der Waals surface area contributed by atoms with Crippen molar-refractivity contribution in [3.63, 3.8) is 0 Å². The number of aromatic nitrogens is 3. The van der Waals surface area contributed by atoms with Crippen LogP contribution in [0.1, 0.15) is 87.1 Å². The molecule has 0 spiro atoms. The molecular weight excluding hydrogens is 743 g/mol. The zero-order chi connectivity index (χ0) is 40.7. The summed E-state index contributed by atoms with van der Waals surface area (Å²) in [5.74, 6) is 0.981. The van der Waals surface area contributed by atoms with Crippen LogP contribution in [0.5, 0.6) is 5.75 Å². The van der Waals surface area contributed by atoms with Gasteiger partial charge in [-0.1, -0.05) is 10.8 Å². The Morgan fingerprint density at radius 3 is 2.66 bits per heavy atom. The maximum absolute atomic E-state index is 13.3. The lowest BCUT2D eigenvalue weighted by molar-refractivity contribution is -0.424. The molecule has 16 nitrogen and oxygen atoms in total. The Kier molecular flexibility index (Phi) is 10.9. The van der Waals surface area contributed by atoms with Crippen molar-refractivity contribution in [2.75, 3.05) is 23.3 Å². The molecule has 2 aliphatic heterocycles. The third-order valence-electron chi connectivity index (χ3n) is 11.8. The minimum absolute atomic E-state index is 0.00981. The molecule has 3 fully saturated rings. The molecule has 0 bridgehead atoms. The van der Waals surface area contributed by atoms with Gasteiger partial charge in [-0.15, -0.1) is 0 Å². The molecule has 0 radical (unpaired) electrons. The Hall–Kier alpha value is -5.87. The van der Waals surface area contributed by atoms with Crippen LogP contribution in [-0.4, -0.2) is 84.9 Å². The molecule has 1 saturated heterocycles. The van der Waals surface area contributed by atoms with Gasteiger partial charge >= 0.3 is 11.6 Å². The Balaban J connectivity index is 0.845. The summed E-state index contributed by atoms with van der Waals surface area (Å²) in [6.07, 6.45) is 11.5. The summed E-state index contributed by atoms with van der Waals surface area (Å²) in [5, 5.41) is 41.5. The average Bonchev–Trinajstić information content (AvgIpc) is 3.74. The lowest BCUT2D eigenvalue weighted by Gasteiger charge is -2.35. The highest BCUT2D eigenvalue weighted by Gasteiger charge is 2.33. The molecule has 8 rings (SSSR count). The van der Waals surface area contributed by atoms with E-state index in [9.17, 15) is 29.5 Å².